The molecule has 1 amide bonds. The number of hydrogen-bond donors (Lipinski definition) is 1. The summed E-state index contributed by atoms with van der Waals surface area (Å²) in [6, 6.07) is 4.49. The molecule has 0 bridgehead atoms. The van der Waals surface area contributed by atoms with Gasteiger partial charge < -0.3 is 10.0 Å². The van der Waals surface area contributed by atoms with Crippen LogP contribution < -0.4 is 4.90 Å². The standard InChI is InChI=1S/C12H14N2O4/c1-2-8-3-4-9(14(17)18)5-11(8)13-7-10(15)6-12(13)16/h3-5,10,15H,2,6-7H2,1H3. The van der Waals surface area contributed by atoms with E-state index in [2.05, 4.69) is 0 Å². The number of anilines is 1. The smallest absolute Gasteiger partial charge is 0.271 e. The van der Waals surface area contributed by atoms with Crippen molar-refractivity contribution in [3.63, 3.8) is 0 Å². The highest BCUT2D eigenvalue weighted by atomic mass is 16.6. The van der Waals surface area contributed by atoms with Crippen LogP contribution in [0.1, 0.15) is 18.9 Å². The molecule has 1 heterocycles. The molecule has 6 nitrogen and oxygen atoms in total. The molecule has 6 heteroatoms. The van der Waals surface area contributed by atoms with Crippen LogP contribution in [0.3, 0.4) is 0 Å². The minimum Gasteiger partial charge on any atom is -0.391 e. The molecule has 2 rings (SSSR count). The molecule has 0 aliphatic carbocycles. The number of nitrogens with zero attached hydrogens (tertiary/aromatic N) is 2. The summed E-state index contributed by atoms with van der Waals surface area (Å²) in [7, 11) is 0. The van der Waals surface area contributed by atoms with E-state index in [9.17, 15) is 20.0 Å². The van der Waals surface area contributed by atoms with Crippen molar-refractivity contribution in [3.05, 3.63) is 33.9 Å². The number of aliphatic hydroxyl groups excluding tert-OH is 1. The van der Waals surface area contributed by atoms with Crippen LogP contribution in [0.25, 0.3) is 0 Å². The van der Waals surface area contributed by atoms with Crippen LogP contribution >= 0.6 is 0 Å². The molecule has 18 heavy (non-hydrogen) atoms. The fourth-order valence-electron chi connectivity index (χ4n) is 2.14. The highest BCUT2D eigenvalue weighted by Gasteiger charge is 2.31. The molecule has 0 saturated carbocycles. The van der Waals surface area contributed by atoms with Crippen LogP contribution in [-0.4, -0.2) is 28.6 Å². The third kappa shape index (κ3) is 2.19. The molecule has 0 spiro atoms. The second-order valence-electron chi connectivity index (χ2n) is 4.29. The number of aryl methyl sites for hydroxylation is 1. The molecule has 0 radical (unpaired) electrons. The van der Waals surface area contributed by atoms with Gasteiger partial charge in [-0.05, 0) is 12.0 Å². The third-order valence-electron chi connectivity index (χ3n) is 3.06. The van der Waals surface area contributed by atoms with Crippen LogP contribution in [0, 0.1) is 10.1 Å². The van der Waals surface area contributed by atoms with E-state index < -0.39 is 11.0 Å². The number of hydrogen-bond acceptors (Lipinski definition) is 4. The maximum absolute atomic E-state index is 11.7. The zero-order chi connectivity index (χ0) is 13.3. The molecule has 1 unspecified atom stereocenters. The van der Waals surface area contributed by atoms with Crippen molar-refractivity contribution in [3.8, 4) is 0 Å². The first-order valence-corrected chi connectivity index (χ1v) is 5.78. The van der Waals surface area contributed by atoms with E-state index in [0.29, 0.717) is 12.1 Å². The number of carbonyl (C=O) groups is 1. The van der Waals surface area contributed by atoms with Gasteiger partial charge in [-0.15, -0.1) is 0 Å². The summed E-state index contributed by atoms with van der Waals surface area (Å²) >= 11 is 0. The van der Waals surface area contributed by atoms with Gasteiger partial charge in [0, 0.05) is 12.1 Å². The van der Waals surface area contributed by atoms with E-state index in [1.807, 2.05) is 6.92 Å². The Balaban J connectivity index is 2.44. The van der Waals surface area contributed by atoms with Gasteiger partial charge in [0.15, 0.2) is 0 Å². The van der Waals surface area contributed by atoms with Gasteiger partial charge in [0.2, 0.25) is 5.91 Å². The Kier molecular flexibility index (Phi) is 3.29. The van der Waals surface area contributed by atoms with Crippen molar-refractivity contribution in [2.45, 2.75) is 25.9 Å². The first kappa shape index (κ1) is 12.5. The molecule has 1 N–H and O–H groups in total. The fraction of sp³-hybridized carbons (Fsp3) is 0.417. The Labute approximate surface area is 104 Å². The van der Waals surface area contributed by atoms with Gasteiger partial charge in [-0.2, -0.15) is 0 Å². The highest BCUT2D eigenvalue weighted by molar-refractivity contribution is 5.97. The second-order valence-corrected chi connectivity index (χ2v) is 4.29. The second kappa shape index (κ2) is 4.73. The summed E-state index contributed by atoms with van der Waals surface area (Å²) in [4.78, 5) is 23.4. The Bertz CT molecular complexity index is 501. The molecular weight excluding hydrogens is 236 g/mol. The van der Waals surface area contributed by atoms with Crippen LogP contribution in [0.4, 0.5) is 11.4 Å². The molecule has 1 aromatic carbocycles. The number of nitro benzene ring substituents is 1. The molecular formula is C12H14N2O4. The Morgan fingerprint density at radius 2 is 2.28 bits per heavy atom. The molecule has 1 atom stereocenters. The lowest BCUT2D eigenvalue weighted by atomic mass is 10.1. The van der Waals surface area contributed by atoms with Crippen LogP contribution in [0.15, 0.2) is 18.2 Å². The largest absolute Gasteiger partial charge is 0.391 e. The quantitative estimate of drug-likeness (QED) is 0.646. The van der Waals surface area contributed by atoms with Crippen molar-refractivity contribution >= 4 is 17.3 Å². The van der Waals surface area contributed by atoms with Gasteiger partial charge >= 0.3 is 0 Å². The number of β-amino-alcohol motifs (C(OH)–C–C–N with tert-alkyl or cyclic N) is 1. The van der Waals surface area contributed by atoms with Gasteiger partial charge in [0.25, 0.3) is 5.69 Å². The number of carbonyl (C=O) groups excluding carboxylic acids is 1. The van der Waals surface area contributed by atoms with E-state index in [-0.39, 0.29) is 24.6 Å². The first-order valence-electron chi connectivity index (χ1n) is 5.78. The third-order valence-corrected chi connectivity index (χ3v) is 3.06. The zero-order valence-corrected chi connectivity index (χ0v) is 10.00. The predicted molar refractivity (Wildman–Crippen MR) is 65.5 cm³/mol. The summed E-state index contributed by atoms with van der Waals surface area (Å²) < 4.78 is 0. The molecule has 1 aromatic rings. The highest BCUT2D eigenvalue weighted by Crippen LogP contribution is 2.29. The normalized spacial score (nSPS) is 19.3. The van der Waals surface area contributed by atoms with E-state index >= 15 is 0 Å². The van der Waals surface area contributed by atoms with Crippen LogP contribution in [0.2, 0.25) is 0 Å². The Morgan fingerprint density at radius 3 is 2.78 bits per heavy atom. The lowest BCUT2D eigenvalue weighted by Gasteiger charge is -2.19. The molecule has 1 aliphatic heterocycles. The zero-order valence-electron chi connectivity index (χ0n) is 10.00. The van der Waals surface area contributed by atoms with Gasteiger partial charge in [0.1, 0.15) is 0 Å². The molecule has 0 aromatic heterocycles. The molecule has 1 aliphatic rings. The monoisotopic (exact) mass is 250 g/mol. The van der Waals surface area contributed by atoms with E-state index in [0.717, 1.165) is 5.56 Å². The number of rotatable bonds is 3. The number of non-ortho nitro benzene ring substituents is 1. The maximum atomic E-state index is 11.7. The molecule has 1 saturated heterocycles. The number of benzene rings is 1. The van der Waals surface area contributed by atoms with Gasteiger partial charge in [-0.25, -0.2) is 0 Å². The predicted octanol–water partition coefficient (Wildman–Crippen LogP) is 1.25. The molecule has 1 fully saturated rings. The van der Waals surface area contributed by atoms with Crippen molar-refractivity contribution < 1.29 is 14.8 Å². The van der Waals surface area contributed by atoms with E-state index in [1.54, 1.807) is 6.07 Å². The minimum absolute atomic E-state index is 0.0450. The Morgan fingerprint density at radius 1 is 1.56 bits per heavy atom. The van der Waals surface area contributed by atoms with E-state index in [4.69, 9.17) is 0 Å². The van der Waals surface area contributed by atoms with Crippen LogP contribution in [-0.2, 0) is 11.2 Å². The lowest BCUT2D eigenvalue weighted by Crippen LogP contribution is -2.26. The SMILES string of the molecule is CCc1ccc([N+](=O)[O-])cc1N1CC(O)CC1=O. The fourth-order valence-corrected chi connectivity index (χ4v) is 2.14. The van der Waals surface area contributed by atoms with Crippen LogP contribution in [0.5, 0.6) is 0 Å². The first-order chi connectivity index (χ1) is 8.52. The number of aliphatic hydroxyl groups is 1. The number of amides is 1. The summed E-state index contributed by atoms with van der Waals surface area (Å²) in [5.41, 5.74) is 1.35. The average molecular weight is 250 g/mol. The number of nitro groups is 1. The summed E-state index contributed by atoms with van der Waals surface area (Å²) in [5, 5.41) is 20.2. The summed E-state index contributed by atoms with van der Waals surface area (Å²) in [6.45, 7) is 2.12. The van der Waals surface area contributed by atoms with E-state index in [1.165, 1.54) is 17.0 Å². The minimum atomic E-state index is -0.693. The molecule has 96 valence electrons. The van der Waals surface area contributed by atoms with Gasteiger partial charge in [-0.3, -0.25) is 14.9 Å². The van der Waals surface area contributed by atoms with Gasteiger partial charge in [0.05, 0.1) is 29.7 Å². The van der Waals surface area contributed by atoms with Crippen molar-refractivity contribution in [1.82, 2.24) is 0 Å². The van der Waals surface area contributed by atoms with Crippen molar-refractivity contribution in [1.29, 1.82) is 0 Å². The average Bonchev–Trinajstić information content (AvgIpc) is 2.67. The van der Waals surface area contributed by atoms with Crippen molar-refractivity contribution in [2.75, 3.05) is 11.4 Å². The maximum Gasteiger partial charge on any atom is 0.271 e. The topological polar surface area (TPSA) is 83.7 Å². The summed E-state index contributed by atoms with van der Waals surface area (Å²) in [5.74, 6) is -0.197. The van der Waals surface area contributed by atoms with Crippen molar-refractivity contribution in [2.24, 2.45) is 0 Å². The van der Waals surface area contributed by atoms with Gasteiger partial charge in [-0.1, -0.05) is 13.0 Å². The summed E-state index contributed by atoms with van der Waals surface area (Å²) in [6.07, 6.45) is 0.0560. The Hall–Kier alpha value is -1.95. The lowest BCUT2D eigenvalue weighted by molar-refractivity contribution is -0.384.